The van der Waals surface area contributed by atoms with Crippen molar-refractivity contribution in [3.05, 3.63) is 43.2 Å². The van der Waals surface area contributed by atoms with Gasteiger partial charge >= 0.3 is 0 Å². The zero-order valence-corrected chi connectivity index (χ0v) is 7.31. The number of hydrogen-bond donors (Lipinski definition) is 0. The van der Waals surface area contributed by atoms with Crippen LogP contribution in [0.2, 0.25) is 0 Å². The summed E-state index contributed by atoms with van der Waals surface area (Å²) in [5, 5.41) is 4.11. The van der Waals surface area contributed by atoms with E-state index in [1.807, 2.05) is 31.2 Å². The summed E-state index contributed by atoms with van der Waals surface area (Å²) in [6.45, 7) is 1.90. The van der Waals surface area contributed by atoms with Gasteiger partial charge in [0, 0.05) is 11.9 Å². The molecule has 0 amide bonds. The van der Waals surface area contributed by atoms with Crippen LogP contribution < -0.4 is 0 Å². The summed E-state index contributed by atoms with van der Waals surface area (Å²) >= 11 is 0. The predicted molar refractivity (Wildman–Crippen MR) is 49.9 cm³/mol. The van der Waals surface area contributed by atoms with Crippen LogP contribution in [0.4, 0.5) is 0 Å². The van der Waals surface area contributed by atoms with Crippen molar-refractivity contribution in [3.63, 3.8) is 0 Å². The highest BCUT2D eigenvalue weighted by molar-refractivity contribution is 5.53. The first-order valence-electron chi connectivity index (χ1n) is 4.00. The van der Waals surface area contributed by atoms with Gasteiger partial charge in [-0.3, -0.25) is 9.67 Å². The molecular weight excluding hydrogens is 162 g/mol. The third-order valence-electron chi connectivity index (χ3n) is 1.85. The molecule has 2 aromatic heterocycles. The first-order valence-corrected chi connectivity index (χ1v) is 4.00. The first kappa shape index (κ1) is 7.98. The average molecular weight is 171 g/mol. The molecule has 0 bridgehead atoms. The molecule has 3 nitrogen and oxygen atoms in total. The van der Waals surface area contributed by atoms with Crippen molar-refractivity contribution in [3.8, 4) is 11.4 Å². The minimum atomic E-state index is 0.806. The van der Waals surface area contributed by atoms with Gasteiger partial charge in [0.25, 0.3) is 0 Å². The number of nitrogens with zero attached hydrogens (tertiary/aromatic N) is 3. The lowest BCUT2D eigenvalue weighted by Crippen LogP contribution is -1.90. The van der Waals surface area contributed by atoms with E-state index in [1.165, 1.54) is 4.68 Å². The minimum Gasteiger partial charge on any atom is -0.262 e. The van der Waals surface area contributed by atoms with Gasteiger partial charge in [-0.1, -0.05) is 6.07 Å². The summed E-state index contributed by atoms with van der Waals surface area (Å²) in [5.41, 5.74) is 2.57. The number of pyridine rings is 1. The molecule has 13 heavy (non-hydrogen) atoms. The molecule has 0 saturated carbocycles. The van der Waals surface area contributed by atoms with Crippen LogP contribution in [0.3, 0.4) is 0 Å². The lowest BCUT2D eigenvalue weighted by atomic mass is 10.2. The van der Waals surface area contributed by atoms with Crippen LogP contribution >= 0.6 is 0 Å². The van der Waals surface area contributed by atoms with Crippen LogP contribution in [-0.2, 0) is 0 Å². The highest BCUT2D eigenvalue weighted by atomic mass is 15.3. The van der Waals surface area contributed by atoms with E-state index in [-0.39, 0.29) is 0 Å². The number of aryl methyl sites for hydroxylation is 1. The van der Waals surface area contributed by atoms with Crippen molar-refractivity contribution in [2.45, 2.75) is 6.92 Å². The molecule has 0 unspecified atom stereocenters. The Morgan fingerprint density at radius 3 is 2.69 bits per heavy atom. The molecule has 0 aliphatic rings. The zero-order chi connectivity index (χ0) is 9.26. The van der Waals surface area contributed by atoms with Crippen molar-refractivity contribution >= 4 is 0 Å². The first-order chi connectivity index (χ1) is 6.27. The Balaban J connectivity index is 2.48. The molecule has 3 heteroatoms. The van der Waals surface area contributed by atoms with E-state index in [1.54, 1.807) is 6.20 Å². The molecule has 2 aromatic rings. The molecule has 0 N–H and O–H groups in total. The summed E-state index contributed by atoms with van der Waals surface area (Å²) in [4.78, 5) is 4.17. The van der Waals surface area contributed by atoms with Crippen molar-refractivity contribution in [1.82, 2.24) is 14.8 Å². The van der Waals surface area contributed by atoms with E-state index >= 15 is 0 Å². The van der Waals surface area contributed by atoms with Crippen LogP contribution in [0.5, 0.6) is 0 Å². The monoisotopic (exact) mass is 171 g/mol. The molecule has 0 aliphatic heterocycles. The summed E-state index contributed by atoms with van der Waals surface area (Å²) in [7, 11) is 5.56. The molecular formula is C10H9N3. The second kappa shape index (κ2) is 3.01. The van der Waals surface area contributed by atoms with E-state index < -0.39 is 0 Å². The van der Waals surface area contributed by atoms with Crippen LogP contribution in [0.1, 0.15) is 5.69 Å². The van der Waals surface area contributed by atoms with E-state index in [0.29, 0.717) is 0 Å². The van der Waals surface area contributed by atoms with Gasteiger partial charge in [-0.2, -0.15) is 5.10 Å². The summed E-state index contributed by atoms with van der Waals surface area (Å²) < 4.78 is 1.35. The second-order valence-corrected chi connectivity index (χ2v) is 2.83. The van der Waals surface area contributed by atoms with Crippen LogP contribution in [0.25, 0.3) is 11.4 Å². The van der Waals surface area contributed by atoms with Crippen LogP contribution in [0.15, 0.2) is 30.5 Å². The van der Waals surface area contributed by atoms with Crippen molar-refractivity contribution in [2.75, 3.05) is 0 Å². The minimum absolute atomic E-state index is 0.806. The van der Waals surface area contributed by atoms with Gasteiger partial charge in [-0.05, 0) is 25.1 Å². The molecule has 2 rings (SSSR count). The third kappa shape index (κ3) is 1.45. The van der Waals surface area contributed by atoms with E-state index in [0.717, 1.165) is 17.1 Å². The second-order valence-electron chi connectivity index (χ2n) is 2.83. The molecule has 2 radical (unpaired) electrons. The molecule has 0 fully saturated rings. The third-order valence-corrected chi connectivity index (χ3v) is 1.85. The molecule has 0 spiro atoms. The van der Waals surface area contributed by atoms with E-state index in [4.69, 9.17) is 7.05 Å². The van der Waals surface area contributed by atoms with Crippen molar-refractivity contribution in [1.29, 1.82) is 0 Å². The molecule has 64 valence electrons. The Kier molecular flexibility index (Phi) is 1.85. The predicted octanol–water partition coefficient (Wildman–Crippen LogP) is 1.77. The zero-order valence-electron chi connectivity index (χ0n) is 7.31. The highest BCUT2D eigenvalue weighted by Gasteiger charge is 2.03. The maximum Gasteiger partial charge on any atom is 0.111 e. The SMILES string of the molecule is [CH]n1nc(-c2ccccn2)cc1C. The molecule has 0 aromatic carbocycles. The van der Waals surface area contributed by atoms with Gasteiger partial charge in [-0.15, -0.1) is 0 Å². The lowest BCUT2D eigenvalue weighted by Gasteiger charge is -1.92. The van der Waals surface area contributed by atoms with E-state index in [2.05, 4.69) is 10.1 Å². The molecule has 0 aliphatic carbocycles. The lowest BCUT2D eigenvalue weighted by molar-refractivity contribution is 0.845. The Morgan fingerprint density at radius 2 is 2.15 bits per heavy atom. The Morgan fingerprint density at radius 1 is 1.31 bits per heavy atom. The van der Waals surface area contributed by atoms with Gasteiger partial charge in [0.1, 0.15) is 12.7 Å². The Labute approximate surface area is 77.0 Å². The van der Waals surface area contributed by atoms with E-state index in [9.17, 15) is 0 Å². The topological polar surface area (TPSA) is 30.7 Å². The van der Waals surface area contributed by atoms with Gasteiger partial charge in [0.15, 0.2) is 0 Å². The number of hydrogen-bond acceptors (Lipinski definition) is 2. The van der Waals surface area contributed by atoms with Crippen LogP contribution in [0, 0.1) is 14.0 Å². The van der Waals surface area contributed by atoms with Crippen molar-refractivity contribution in [2.24, 2.45) is 0 Å². The standard InChI is InChI=1S/C10H9N3/c1-8-7-10(12-13(8)2)9-5-3-4-6-11-9/h2-7H,1H3. The average Bonchev–Trinajstić information content (AvgIpc) is 2.49. The molecule has 0 atom stereocenters. The Hall–Kier alpha value is -1.64. The number of aromatic nitrogens is 3. The fourth-order valence-corrected chi connectivity index (χ4v) is 1.13. The fourth-order valence-electron chi connectivity index (χ4n) is 1.13. The summed E-state index contributed by atoms with van der Waals surface area (Å²) in [6, 6.07) is 7.60. The normalized spacial score (nSPS) is 10.3. The van der Waals surface area contributed by atoms with Gasteiger partial charge in [-0.25, -0.2) is 0 Å². The van der Waals surface area contributed by atoms with Gasteiger partial charge in [0.2, 0.25) is 0 Å². The maximum atomic E-state index is 5.56. The molecule has 0 saturated heterocycles. The number of rotatable bonds is 1. The maximum absolute atomic E-state index is 5.56. The highest BCUT2D eigenvalue weighted by Crippen LogP contribution is 2.14. The van der Waals surface area contributed by atoms with Gasteiger partial charge < -0.3 is 0 Å². The van der Waals surface area contributed by atoms with Crippen LogP contribution in [-0.4, -0.2) is 14.8 Å². The Bertz CT molecular complexity index is 384. The quantitative estimate of drug-likeness (QED) is 0.654. The van der Waals surface area contributed by atoms with Gasteiger partial charge in [0.05, 0.1) is 5.69 Å². The summed E-state index contributed by atoms with van der Waals surface area (Å²) in [6.07, 6.45) is 1.74. The molecule has 2 heterocycles. The largest absolute Gasteiger partial charge is 0.262 e. The smallest absolute Gasteiger partial charge is 0.111 e. The van der Waals surface area contributed by atoms with Crippen molar-refractivity contribution < 1.29 is 0 Å². The fraction of sp³-hybridized carbons (Fsp3) is 0.100. The summed E-state index contributed by atoms with van der Waals surface area (Å²) in [5.74, 6) is 0.